The molecule has 12 heteroatoms. The predicted molar refractivity (Wildman–Crippen MR) is 148 cm³/mol. The summed E-state index contributed by atoms with van der Waals surface area (Å²) in [6, 6.07) is 15.8. The molecule has 0 aliphatic carbocycles. The number of fused-ring (bicyclic) bond motifs is 2. The first-order valence-corrected chi connectivity index (χ1v) is 16.4. The van der Waals surface area contributed by atoms with Crippen LogP contribution in [0.1, 0.15) is 31.7 Å². The van der Waals surface area contributed by atoms with E-state index in [0.29, 0.717) is 13.1 Å². The monoisotopic (exact) mass is 580 g/mol. The van der Waals surface area contributed by atoms with Gasteiger partial charge in [0.1, 0.15) is 4.70 Å². The lowest BCUT2D eigenvalue weighted by Gasteiger charge is -2.23. The Bertz CT molecular complexity index is 1580. The Morgan fingerprint density at radius 1 is 1.14 bits per heavy atom. The van der Waals surface area contributed by atoms with E-state index in [1.165, 1.54) is 6.92 Å². The number of aromatic nitrogens is 1. The zero-order valence-electron chi connectivity index (χ0n) is 20.4. The van der Waals surface area contributed by atoms with E-state index >= 15 is 0 Å². The fourth-order valence-corrected chi connectivity index (χ4v) is 7.36. The molecular weight excluding hydrogens is 553 g/mol. The minimum atomic E-state index is -4.36. The number of aryl methyl sites for hydroxylation is 1. The molecule has 2 aromatic carbocycles. The zero-order chi connectivity index (χ0) is 26.8. The Kier molecular flexibility index (Phi) is 8.46. The molecule has 0 amide bonds. The number of para-hydroxylation sites is 2. The number of allylic oxidation sites excluding steroid dienone is 2. The SMILES string of the molecule is CC(=Cc1sc2ccccc2[n+]1CCCS(=O)(=O)O)C=C1Sc2ccccc2N1CCC(C)S(=O)(=O)[O-]. The maximum atomic E-state index is 11.4. The molecule has 1 aliphatic heterocycles. The van der Waals surface area contributed by atoms with Gasteiger partial charge in [-0.25, -0.2) is 8.42 Å². The molecule has 1 unspecified atom stereocenters. The van der Waals surface area contributed by atoms with Crippen molar-refractivity contribution in [1.29, 1.82) is 0 Å². The van der Waals surface area contributed by atoms with E-state index in [-0.39, 0.29) is 18.6 Å². The van der Waals surface area contributed by atoms with Gasteiger partial charge in [-0.1, -0.05) is 47.4 Å². The number of benzene rings is 2. The molecule has 3 aromatic rings. The van der Waals surface area contributed by atoms with Gasteiger partial charge < -0.3 is 9.45 Å². The van der Waals surface area contributed by atoms with Crippen LogP contribution in [0.2, 0.25) is 0 Å². The van der Waals surface area contributed by atoms with Crippen LogP contribution >= 0.6 is 23.1 Å². The van der Waals surface area contributed by atoms with Gasteiger partial charge in [0.15, 0.2) is 6.54 Å². The summed E-state index contributed by atoms with van der Waals surface area (Å²) in [5.74, 6) is -0.308. The smallest absolute Gasteiger partial charge is 0.265 e. The summed E-state index contributed by atoms with van der Waals surface area (Å²) in [6.07, 6.45) is 4.57. The highest BCUT2D eigenvalue weighted by atomic mass is 32.2. The molecule has 8 nitrogen and oxygen atoms in total. The summed E-state index contributed by atoms with van der Waals surface area (Å²) >= 11 is 3.19. The van der Waals surface area contributed by atoms with Crippen LogP contribution in [0, 0.1) is 0 Å². The Hall–Kier alpha value is -2.22. The first-order valence-electron chi connectivity index (χ1n) is 11.7. The van der Waals surface area contributed by atoms with E-state index in [0.717, 1.165) is 36.4 Å². The number of anilines is 1. The van der Waals surface area contributed by atoms with Gasteiger partial charge in [0.05, 0.1) is 26.6 Å². The van der Waals surface area contributed by atoms with E-state index in [9.17, 15) is 21.4 Å². The Labute approximate surface area is 225 Å². The lowest BCUT2D eigenvalue weighted by atomic mass is 10.2. The average Bonchev–Trinajstić information content (AvgIpc) is 3.33. The van der Waals surface area contributed by atoms with Crippen LogP contribution in [0.25, 0.3) is 16.3 Å². The highest BCUT2D eigenvalue weighted by Crippen LogP contribution is 2.46. The summed E-state index contributed by atoms with van der Waals surface area (Å²) in [7, 11) is -8.39. The van der Waals surface area contributed by atoms with Crippen molar-refractivity contribution in [2.75, 3.05) is 17.2 Å². The summed E-state index contributed by atoms with van der Waals surface area (Å²) < 4.78 is 69.0. The van der Waals surface area contributed by atoms with Crippen molar-refractivity contribution >= 4 is 65.3 Å². The lowest BCUT2D eigenvalue weighted by Crippen LogP contribution is -2.36. The topological polar surface area (TPSA) is 119 Å². The molecule has 37 heavy (non-hydrogen) atoms. The molecular formula is C25H28N2O6S4. The molecule has 0 bridgehead atoms. The summed E-state index contributed by atoms with van der Waals surface area (Å²) in [5, 5.41) is 0.900. The second kappa shape index (κ2) is 11.3. The minimum absolute atomic E-state index is 0.213. The van der Waals surface area contributed by atoms with Gasteiger partial charge in [0.2, 0.25) is 5.52 Å². The van der Waals surface area contributed by atoms with E-state index < -0.39 is 25.5 Å². The Balaban J connectivity index is 1.64. The number of thiazole rings is 1. The normalized spacial score (nSPS) is 16.5. The third-order valence-corrected chi connectivity index (χ3v) is 10.3. The van der Waals surface area contributed by atoms with Gasteiger partial charge in [-0.3, -0.25) is 4.55 Å². The van der Waals surface area contributed by atoms with Gasteiger partial charge in [0.25, 0.3) is 15.1 Å². The van der Waals surface area contributed by atoms with Crippen LogP contribution in [-0.4, -0.2) is 43.5 Å². The zero-order valence-corrected chi connectivity index (χ0v) is 23.7. The van der Waals surface area contributed by atoms with Gasteiger partial charge in [-0.15, -0.1) is 0 Å². The third kappa shape index (κ3) is 7.01. The van der Waals surface area contributed by atoms with Crippen molar-refractivity contribution in [2.45, 2.75) is 43.4 Å². The van der Waals surface area contributed by atoms with Crippen molar-refractivity contribution in [3.63, 3.8) is 0 Å². The maximum absolute atomic E-state index is 11.4. The number of hydrogen-bond donors (Lipinski definition) is 1. The van der Waals surface area contributed by atoms with Crippen LogP contribution in [0.15, 0.2) is 70.1 Å². The maximum Gasteiger partial charge on any atom is 0.265 e. The number of thioether (sulfide) groups is 1. The predicted octanol–water partition coefficient (Wildman–Crippen LogP) is 4.65. The van der Waals surface area contributed by atoms with Crippen LogP contribution in [0.4, 0.5) is 5.69 Å². The van der Waals surface area contributed by atoms with Crippen LogP contribution < -0.4 is 9.47 Å². The molecule has 0 saturated carbocycles. The fraction of sp³-hybridized carbons (Fsp3) is 0.320. The molecule has 1 aromatic heterocycles. The van der Waals surface area contributed by atoms with Crippen molar-refractivity contribution in [1.82, 2.24) is 0 Å². The number of hydrogen-bond acceptors (Lipinski definition) is 8. The van der Waals surface area contributed by atoms with E-state index in [1.807, 2.05) is 72.5 Å². The molecule has 2 heterocycles. The molecule has 0 radical (unpaired) electrons. The summed E-state index contributed by atoms with van der Waals surface area (Å²) in [6.45, 7) is 4.25. The second-order valence-corrected chi connectivity index (χ2v) is 14.4. The minimum Gasteiger partial charge on any atom is -0.748 e. The second-order valence-electron chi connectivity index (χ2n) is 8.88. The molecule has 0 fully saturated rings. The highest BCUT2D eigenvalue weighted by Gasteiger charge is 2.26. The molecule has 1 N–H and O–H groups in total. The molecule has 0 spiro atoms. The molecule has 198 valence electrons. The summed E-state index contributed by atoms with van der Waals surface area (Å²) in [4.78, 5) is 3.10. The average molecular weight is 581 g/mol. The van der Waals surface area contributed by atoms with Crippen LogP contribution in [0.5, 0.6) is 0 Å². The third-order valence-electron chi connectivity index (χ3n) is 6.01. The standard InChI is InChI=1S/C25H28N2O6S4/c1-18(16-24-26(13-7-15-36(28,29)30)20-8-3-5-10-22(20)34-24)17-25-27(14-12-19(2)37(31,32)33)21-9-4-6-11-23(21)35-25/h3-6,8-11,16-17,19H,7,12-15H2,1-2H3,(H-,28,29,30,31,32,33). The van der Waals surface area contributed by atoms with Gasteiger partial charge >= 0.3 is 0 Å². The van der Waals surface area contributed by atoms with Gasteiger partial charge in [0, 0.05) is 35.3 Å². The van der Waals surface area contributed by atoms with E-state index in [2.05, 4.69) is 4.57 Å². The molecule has 4 rings (SSSR count). The van der Waals surface area contributed by atoms with Crippen LogP contribution in [-0.2, 0) is 26.8 Å². The van der Waals surface area contributed by atoms with E-state index in [1.54, 1.807) is 23.1 Å². The Morgan fingerprint density at radius 3 is 2.57 bits per heavy atom. The largest absolute Gasteiger partial charge is 0.748 e. The first-order chi connectivity index (χ1) is 17.4. The summed E-state index contributed by atoms with van der Waals surface area (Å²) in [5.41, 5.74) is 2.93. The van der Waals surface area contributed by atoms with Crippen molar-refractivity contribution in [3.05, 3.63) is 70.2 Å². The molecule has 1 aliphatic rings. The van der Waals surface area contributed by atoms with Crippen molar-refractivity contribution < 1.29 is 30.5 Å². The van der Waals surface area contributed by atoms with Gasteiger partial charge in [-0.05, 0) is 50.1 Å². The lowest BCUT2D eigenvalue weighted by molar-refractivity contribution is -0.668. The quantitative estimate of drug-likeness (QED) is 0.272. The van der Waals surface area contributed by atoms with Crippen LogP contribution in [0.3, 0.4) is 0 Å². The number of rotatable bonds is 10. The van der Waals surface area contributed by atoms with Crippen molar-refractivity contribution in [3.8, 4) is 0 Å². The Morgan fingerprint density at radius 2 is 1.84 bits per heavy atom. The fourth-order valence-electron chi connectivity index (χ4n) is 4.07. The van der Waals surface area contributed by atoms with Gasteiger partial charge in [-0.2, -0.15) is 13.0 Å². The molecule has 0 saturated heterocycles. The first kappa shape index (κ1) is 27.8. The van der Waals surface area contributed by atoms with E-state index in [4.69, 9.17) is 4.55 Å². The van der Waals surface area contributed by atoms with Crippen molar-refractivity contribution in [2.24, 2.45) is 0 Å². The molecule has 1 atom stereocenters. The number of nitrogens with zero attached hydrogens (tertiary/aromatic N) is 2. The highest BCUT2D eigenvalue weighted by molar-refractivity contribution is 8.03.